The molecule has 0 bridgehead atoms. The van der Waals surface area contributed by atoms with Crippen molar-refractivity contribution < 1.29 is 4.57 Å². The molecule has 22 heavy (non-hydrogen) atoms. The first-order valence-corrected chi connectivity index (χ1v) is 8.34. The Bertz CT molecular complexity index is 723. The quantitative estimate of drug-likeness (QED) is 0.663. The van der Waals surface area contributed by atoms with Crippen LogP contribution in [0.3, 0.4) is 0 Å². The molecule has 1 aromatic carbocycles. The Labute approximate surface area is 135 Å². The largest absolute Gasteiger partial charge is 0.216 e. The van der Waals surface area contributed by atoms with E-state index in [0.717, 1.165) is 0 Å². The van der Waals surface area contributed by atoms with Crippen molar-refractivity contribution in [1.82, 2.24) is 0 Å². The Balaban J connectivity index is 2.40. The molecule has 1 heteroatoms. The molecule has 0 atom stereocenters. The molecule has 0 aliphatic heterocycles. The Kier molecular flexibility index (Phi) is 3.43. The van der Waals surface area contributed by atoms with E-state index in [9.17, 15) is 0 Å². The van der Waals surface area contributed by atoms with Crippen LogP contribution in [0.5, 0.6) is 0 Å². The van der Waals surface area contributed by atoms with E-state index in [2.05, 4.69) is 82.8 Å². The van der Waals surface area contributed by atoms with E-state index in [1.54, 1.807) is 5.56 Å². The molecule has 0 unspecified atom stereocenters. The fourth-order valence-corrected chi connectivity index (χ4v) is 3.95. The first-order valence-electron chi connectivity index (χ1n) is 8.34. The van der Waals surface area contributed by atoms with Crippen LogP contribution in [0.1, 0.15) is 57.2 Å². The number of nitrogens with zero attached hydrogens (tertiary/aromatic N) is 1. The van der Waals surface area contributed by atoms with Crippen LogP contribution >= 0.6 is 0 Å². The molecule has 1 heterocycles. The summed E-state index contributed by atoms with van der Waals surface area (Å²) in [6, 6.07) is 11.1. The maximum atomic E-state index is 2.41. The third kappa shape index (κ3) is 2.27. The van der Waals surface area contributed by atoms with Gasteiger partial charge >= 0.3 is 0 Å². The van der Waals surface area contributed by atoms with E-state index in [0.29, 0.717) is 0 Å². The summed E-state index contributed by atoms with van der Waals surface area (Å²) in [7, 11) is 2.18. The zero-order valence-electron chi connectivity index (χ0n) is 14.8. The molecule has 1 aliphatic rings. The van der Waals surface area contributed by atoms with Crippen molar-refractivity contribution >= 4 is 0 Å². The van der Waals surface area contributed by atoms with Crippen LogP contribution in [0.15, 0.2) is 36.5 Å². The molecule has 0 radical (unpaired) electrons. The van der Waals surface area contributed by atoms with Crippen molar-refractivity contribution in [3.05, 3.63) is 53.2 Å². The average Bonchev–Trinajstić information content (AvgIpc) is 2.45. The highest BCUT2D eigenvalue weighted by Crippen LogP contribution is 2.48. The van der Waals surface area contributed by atoms with E-state index in [1.807, 2.05) is 0 Å². The van der Waals surface area contributed by atoms with Gasteiger partial charge in [0.25, 0.3) is 0 Å². The number of fused-ring (bicyclic) bond motifs is 1. The summed E-state index contributed by atoms with van der Waals surface area (Å²) in [6.45, 7) is 11.8. The summed E-state index contributed by atoms with van der Waals surface area (Å²) in [5.74, 6) is 0. The maximum Gasteiger partial charge on any atom is 0.216 e. The number of aromatic nitrogens is 1. The standard InChI is InChI=1S/C21H28N/c1-15-9-7-8-10-16(15)19-18-17(11-14-22(19)6)20(2,3)12-13-21(18,4)5/h7-11,14H,12-13H2,1-6H3/q+1. The van der Waals surface area contributed by atoms with E-state index in [1.165, 1.54) is 35.2 Å². The number of hydrogen-bond acceptors (Lipinski definition) is 0. The first kappa shape index (κ1) is 15.3. The van der Waals surface area contributed by atoms with Gasteiger partial charge in [0.05, 0.1) is 0 Å². The second-order valence-electron chi connectivity index (χ2n) is 8.15. The van der Waals surface area contributed by atoms with Crippen LogP contribution in [0.25, 0.3) is 11.3 Å². The summed E-state index contributed by atoms with van der Waals surface area (Å²) in [4.78, 5) is 0. The fourth-order valence-electron chi connectivity index (χ4n) is 3.95. The Morgan fingerprint density at radius 2 is 1.55 bits per heavy atom. The van der Waals surface area contributed by atoms with Crippen molar-refractivity contribution in [2.45, 2.75) is 58.3 Å². The van der Waals surface area contributed by atoms with Gasteiger partial charge in [0, 0.05) is 17.2 Å². The van der Waals surface area contributed by atoms with Gasteiger partial charge in [-0.3, -0.25) is 0 Å². The van der Waals surface area contributed by atoms with Crippen LogP contribution in [0.4, 0.5) is 0 Å². The van der Waals surface area contributed by atoms with Crippen molar-refractivity contribution in [1.29, 1.82) is 0 Å². The Hall–Kier alpha value is -1.63. The van der Waals surface area contributed by atoms with Gasteiger partial charge in [-0.15, -0.1) is 0 Å². The zero-order chi connectivity index (χ0) is 16.1. The molecule has 1 aliphatic carbocycles. The SMILES string of the molecule is Cc1ccccc1-c1c2c(cc[n+]1C)C(C)(C)CCC2(C)C. The van der Waals surface area contributed by atoms with Gasteiger partial charge in [0.1, 0.15) is 7.05 Å². The molecule has 3 rings (SSSR count). The number of rotatable bonds is 1. The predicted molar refractivity (Wildman–Crippen MR) is 93.1 cm³/mol. The molecule has 1 aromatic heterocycles. The minimum atomic E-state index is 0.224. The second-order valence-corrected chi connectivity index (χ2v) is 8.15. The molecule has 0 spiro atoms. The third-order valence-corrected chi connectivity index (χ3v) is 5.50. The van der Waals surface area contributed by atoms with Crippen molar-refractivity contribution in [3.8, 4) is 11.3 Å². The minimum Gasteiger partial charge on any atom is -0.201 e. The molecule has 2 aromatic rings. The minimum absolute atomic E-state index is 0.224. The molecule has 0 saturated heterocycles. The van der Waals surface area contributed by atoms with E-state index < -0.39 is 0 Å². The highest BCUT2D eigenvalue weighted by Gasteiger charge is 2.42. The summed E-state index contributed by atoms with van der Waals surface area (Å²) in [5, 5.41) is 0. The van der Waals surface area contributed by atoms with E-state index in [4.69, 9.17) is 0 Å². The third-order valence-electron chi connectivity index (χ3n) is 5.50. The van der Waals surface area contributed by atoms with Gasteiger partial charge < -0.3 is 0 Å². The Morgan fingerprint density at radius 1 is 0.909 bits per heavy atom. The fraction of sp³-hybridized carbons (Fsp3) is 0.476. The molecular weight excluding hydrogens is 266 g/mol. The lowest BCUT2D eigenvalue weighted by Crippen LogP contribution is -2.41. The number of hydrogen-bond donors (Lipinski definition) is 0. The summed E-state index contributed by atoms with van der Waals surface area (Å²) in [6.07, 6.45) is 4.74. The van der Waals surface area contributed by atoms with Crippen molar-refractivity contribution in [3.63, 3.8) is 0 Å². The van der Waals surface area contributed by atoms with Crippen molar-refractivity contribution in [2.75, 3.05) is 0 Å². The lowest BCUT2D eigenvalue weighted by atomic mass is 9.62. The van der Waals surface area contributed by atoms with Gasteiger partial charge in [-0.05, 0) is 47.8 Å². The molecule has 1 nitrogen and oxygen atoms in total. The van der Waals surface area contributed by atoms with Crippen LogP contribution in [0, 0.1) is 6.92 Å². The normalized spacial score (nSPS) is 18.8. The second kappa shape index (κ2) is 4.94. The lowest BCUT2D eigenvalue weighted by Gasteiger charge is -2.41. The highest BCUT2D eigenvalue weighted by atomic mass is 14.9. The van der Waals surface area contributed by atoms with Gasteiger partial charge in [0.2, 0.25) is 5.69 Å². The molecule has 0 saturated carbocycles. The van der Waals surface area contributed by atoms with Gasteiger partial charge in [0.15, 0.2) is 6.20 Å². The van der Waals surface area contributed by atoms with Crippen LogP contribution in [-0.4, -0.2) is 0 Å². The predicted octanol–water partition coefficient (Wildman–Crippen LogP) is 4.84. The summed E-state index contributed by atoms with van der Waals surface area (Å²) >= 11 is 0. The van der Waals surface area contributed by atoms with Crippen LogP contribution < -0.4 is 4.57 Å². The average molecular weight is 294 g/mol. The maximum absolute atomic E-state index is 2.41. The zero-order valence-corrected chi connectivity index (χ0v) is 14.8. The van der Waals surface area contributed by atoms with Crippen LogP contribution in [0.2, 0.25) is 0 Å². The summed E-state index contributed by atoms with van der Waals surface area (Å²) in [5.41, 5.74) is 7.67. The van der Waals surface area contributed by atoms with Crippen LogP contribution in [-0.2, 0) is 17.9 Å². The number of benzene rings is 1. The highest BCUT2D eigenvalue weighted by molar-refractivity contribution is 5.68. The number of pyridine rings is 1. The molecule has 0 amide bonds. The number of aryl methyl sites for hydroxylation is 2. The molecule has 0 fully saturated rings. The lowest BCUT2D eigenvalue weighted by molar-refractivity contribution is -0.661. The molecule has 116 valence electrons. The van der Waals surface area contributed by atoms with E-state index >= 15 is 0 Å². The smallest absolute Gasteiger partial charge is 0.201 e. The monoisotopic (exact) mass is 294 g/mol. The molecular formula is C21H28N+. The molecule has 0 N–H and O–H groups in total. The topological polar surface area (TPSA) is 3.88 Å². The van der Waals surface area contributed by atoms with Crippen molar-refractivity contribution in [2.24, 2.45) is 7.05 Å². The van der Waals surface area contributed by atoms with E-state index in [-0.39, 0.29) is 10.8 Å². The van der Waals surface area contributed by atoms with Gasteiger partial charge in [-0.2, -0.15) is 0 Å². The Morgan fingerprint density at radius 3 is 2.23 bits per heavy atom. The first-order chi connectivity index (χ1) is 10.2. The van der Waals surface area contributed by atoms with Gasteiger partial charge in [-0.25, -0.2) is 4.57 Å². The summed E-state index contributed by atoms with van der Waals surface area (Å²) < 4.78 is 2.31. The van der Waals surface area contributed by atoms with Gasteiger partial charge in [-0.1, -0.05) is 45.9 Å².